The van der Waals surface area contributed by atoms with Crippen molar-refractivity contribution in [1.82, 2.24) is 5.32 Å². The maximum atomic E-state index is 13.4. The Bertz CT molecular complexity index is 454. The number of Topliss-reactive ketones (excluding diaryl/α,β-unsaturated/α-hetero) is 1. The number of nitrogens with one attached hydrogen (secondary N) is 1. The van der Waals surface area contributed by atoms with E-state index in [4.69, 9.17) is 0 Å². The summed E-state index contributed by atoms with van der Waals surface area (Å²) in [7, 11) is 0. The second-order valence-corrected chi connectivity index (χ2v) is 6.75. The van der Waals surface area contributed by atoms with Crippen LogP contribution in [-0.2, 0) is 10.2 Å². The molecule has 0 aromatic heterocycles. The zero-order valence-electron chi connectivity index (χ0n) is 12.9. The monoisotopic (exact) mass is 285 g/mol. The number of ketones is 1. The van der Waals surface area contributed by atoms with Gasteiger partial charge in [-0.2, -0.15) is 0 Å². The molecule has 2 fully saturated rings. The first kappa shape index (κ1) is 14.8. The lowest BCUT2D eigenvalue weighted by Gasteiger charge is -2.39. The summed E-state index contributed by atoms with van der Waals surface area (Å²) in [5, 5.41) is 3.43. The molecule has 0 atom stereocenters. The fraction of sp³-hybridized carbons (Fsp3) is 0.632. The third-order valence-corrected chi connectivity index (χ3v) is 5.48. The number of benzene rings is 1. The van der Waals surface area contributed by atoms with Gasteiger partial charge in [-0.05, 0) is 44.3 Å². The van der Waals surface area contributed by atoms with Crippen molar-refractivity contribution >= 4 is 5.78 Å². The Balaban J connectivity index is 1.89. The summed E-state index contributed by atoms with van der Waals surface area (Å²) < 4.78 is 0. The topological polar surface area (TPSA) is 29.1 Å². The Hall–Kier alpha value is -1.15. The van der Waals surface area contributed by atoms with Gasteiger partial charge in [-0.15, -0.1) is 0 Å². The van der Waals surface area contributed by atoms with Crippen LogP contribution in [-0.4, -0.2) is 18.9 Å². The van der Waals surface area contributed by atoms with Crippen molar-refractivity contribution in [2.75, 3.05) is 13.1 Å². The molecule has 2 aliphatic rings. The molecule has 0 bridgehead atoms. The minimum atomic E-state index is -0.221. The Morgan fingerprint density at radius 1 is 0.952 bits per heavy atom. The van der Waals surface area contributed by atoms with Gasteiger partial charge in [-0.3, -0.25) is 4.79 Å². The first-order valence-electron chi connectivity index (χ1n) is 8.63. The average molecular weight is 285 g/mol. The maximum absolute atomic E-state index is 13.4. The lowest BCUT2D eigenvalue weighted by molar-refractivity contribution is -0.130. The molecule has 2 nitrogen and oxygen atoms in total. The van der Waals surface area contributed by atoms with Gasteiger partial charge in [0.05, 0.1) is 5.41 Å². The Morgan fingerprint density at radius 2 is 1.57 bits per heavy atom. The number of carbonyl (C=O) groups is 1. The predicted molar refractivity (Wildman–Crippen MR) is 86.4 cm³/mol. The van der Waals surface area contributed by atoms with Crippen molar-refractivity contribution in [3.8, 4) is 0 Å². The minimum Gasteiger partial charge on any atom is -0.317 e. The van der Waals surface area contributed by atoms with Gasteiger partial charge in [0.15, 0.2) is 0 Å². The third-order valence-electron chi connectivity index (χ3n) is 5.48. The first-order chi connectivity index (χ1) is 10.3. The van der Waals surface area contributed by atoms with Crippen LogP contribution in [0.4, 0.5) is 0 Å². The Labute approximate surface area is 128 Å². The zero-order valence-corrected chi connectivity index (χ0v) is 12.9. The number of hydrogen-bond donors (Lipinski definition) is 1. The zero-order chi connectivity index (χ0) is 14.5. The molecule has 0 amide bonds. The van der Waals surface area contributed by atoms with E-state index in [0.717, 1.165) is 38.8 Å². The van der Waals surface area contributed by atoms with E-state index >= 15 is 0 Å². The highest BCUT2D eigenvalue weighted by Gasteiger charge is 2.43. The van der Waals surface area contributed by atoms with Crippen LogP contribution in [0.3, 0.4) is 0 Å². The van der Waals surface area contributed by atoms with Crippen molar-refractivity contribution in [2.45, 2.75) is 56.8 Å². The highest BCUT2D eigenvalue weighted by atomic mass is 16.1. The Kier molecular flexibility index (Phi) is 4.74. The average Bonchev–Trinajstić information content (AvgIpc) is 2.85. The van der Waals surface area contributed by atoms with E-state index in [0.29, 0.717) is 11.7 Å². The fourth-order valence-electron chi connectivity index (χ4n) is 4.22. The van der Waals surface area contributed by atoms with Crippen LogP contribution in [0.5, 0.6) is 0 Å². The molecule has 3 rings (SSSR count). The largest absolute Gasteiger partial charge is 0.317 e. The van der Waals surface area contributed by atoms with E-state index in [9.17, 15) is 4.79 Å². The maximum Gasteiger partial charge on any atom is 0.146 e. The highest BCUT2D eigenvalue weighted by Crippen LogP contribution is 2.39. The standard InChI is InChI=1S/C19H27NO/c21-18(16-8-4-1-2-5-9-16)19(12-14-20-15-13-19)17-10-6-3-7-11-17/h3,6-7,10-11,16,20H,1-2,4-5,8-9,12-15H2. The number of carbonyl (C=O) groups excluding carboxylic acids is 1. The summed E-state index contributed by atoms with van der Waals surface area (Å²) >= 11 is 0. The van der Waals surface area contributed by atoms with Gasteiger partial charge in [0.1, 0.15) is 5.78 Å². The SMILES string of the molecule is O=C(C1CCCCCC1)C1(c2ccccc2)CCNCC1. The van der Waals surface area contributed by atoms with Crippen LogP contribution in [0, 0.1) is 5.92 Å². The van der Waals surface area contributed by atoms with Crippen molar-refractivity contribution < 1.29 is 4.79 Å². The molecular weight excluding hydrogens is 258 g/mol. The summed E-state index contributed by atoms with van der Waals surface area (Å²) in [6.45, 7) is 1.93. The van der Waals surface area contributed by atoms with E-state index in [1.807, 2.05) is 0 Å². The van der Waals surface area contributed by atoms with Crippen molar-refractivity contribution in [2.24, 2.45) is 5.92 Å². The second kappa shape index (κ2) is 6.74. The smallest absolute Gasteiger partial charge is 0.146 e. The predicted octanol–water partition coefficient (Wildman–Crippen LogP) is 3.85. The summed E-state index contributed by atoms with van der Waals surface area (Å²) in [5.41, 5.74) is 1.03. The molecule has 1 aliphatic heterocycles. The minimum absolute atomic E-state index is 0.221. The molecule has 1 saturated carbocycles. The van der Waals surface area contributed by atoms with E-state index in [2.05, 4.69) is 35.6 Å². The van der Waals surface area contributed by atoms with Crippen LogP contribution in [0.15, 0.2) is 30.3 Å². The number of hydrogen-bond acceptors (Lipinski definition) is 2. The summed E-state index contributed by atoms with van der Waals surface area (Å²) in [4.78, 5) is 13.4. The van der Waals surface area contributed by atoms with Crippen LogP contribution in [0.2, 0.25) is 0 Å². The first-order valence-corrected chi connectivity index (χ1v) is 8.63. The molecule has 1 heterocycles. The van der Waals surface area contributed by atoms with Crippen LogP contribution in [0.1, 0.15) is 56.9 Å². The van der Waals surface area contributed by atoms with Crippen LogP contribution < -0.4 is 5.32 Å². The molecule has 0 spiro atoms. The summed E-state index contributed by atoms with van der Waals surface area (Å²) in [5.74, 6) is 0.836. The molecule has 114 valence electrons. The normalized spacial score (nSPS) is 23.4. The van der Waals surface area contributed by atoms with Crippen molar-refractivity contribution in [1.29, 1.82) is 0 Å². The molecule has 2 heteroatoms. The van der Waals surface area contributed by atoms with Gasteiger partial charge in [0.2, 0.25) is 0 Å². The van der Waals surface area contributed by atoms with E-state index < -0.39 is 0 Å². The summed E-state index contributed by atoms with van der Waals surface area (Å²) in [6.07, 6.45) is 9.24. The quantitative estimate of drug-likeness (QED) is 0.855. The van der Waals surface area contributed by atoms with Crippen LogP contribution >= 0.6 is 0 Å². The van der Waals surface area contributed by atoms with Gasteiger partial charge in [-0.1, -0.05) is 56.0 Å². The molecule has 0 radical (unpaired) electrons. The molecule has 1 N–H and O–H groups in total. The van der Waals surface area contributed by atoms with Gasteiger partial charge in [-0.25, -0.2) is 0 Å². The lowest BCUT2D eigenvalue weighted by Crippen LogP contribution is -2.48. The molecular formula is C19H27NO. The van der Waals surface area contributed by atoms with Gasteiger partial charge < -0.3 is 5.32 Å². The van der Waals surface area contributed by atoms with Crippen LogP contribution in [0.25, 0.3) is 0 Å². The summed E-state index contributed by atoms with van der Waals surface area (Å²) in [6, 6.07) is 10.5. The highest BCUT2D eigenvalue weighted by molar-refractivity contribution is 5.92. The van der Waals surface area contributed by atoms with E-state index in [-0.39, 0.29) is 5.41 Å². The fourth-order valence-corrected chi connectivity index (χ4v) is 4.22. The molecule has 1 saturated heterocycles. The number of piperidine rings is 1. The molecule has 1 aliphatic carbocycles. The molecule has 0 unspecified atom stereocenters. The molecule has 1 aromatic rings. The van der Waals surface area contributed by atoms with E-state index in [1.54, 1.807) is 0 Å². The molecule has 21 heavy (non-hydrogen) atoms. The van der Waals surface area contributed by atoms with Crippen molar-refractivity contribution in [3.63, 3.8) is 0 Å². The molecule has 1 aromatic carbocycles. The third kappa shape index (κ3) is 3.06. The van der Waals surface area contributed by atoms with Gasteiger partial charge in [0, 0.05) is 5.92 Å². The number of rotatable bonds is 3. The van der Waals surface area contributed by atoms with E-state index in [1.165, 1.54) is 31.2 Å². The lowest BCUT2D eigenvalue weighted by atomic mass is 9.66. The Morgan fingerprint density at radius 3 is 2.19 bits per heavy atom. The van der Waals surface area contributed by atoms with Gasteiger partial charge >= 0.3 is 0 Å². The second-order valence-electron chi connectivity index (χ2n) is 6.75. The van der Waals surface area contributed by atoms with Gasteiger partial charge in [0.25, 0.3) is 0 Å². The van der Waals surface area contributed by atoms with Crippen molar-refractivity contribution in [3.05, 3.63) is 35.9 Å².